The Bertz CT molecular complexity index is 757. The summed E-state index contributed by atoms with van der Waals surface area (Å²) in [5, 5.41) is 15.6. The van der Waals surface area contributed by atoms with Crippen LogP contribution in [0.3, 0.4) is 0 Å². The van der Waals surface area contributed by atoms with E-state index in [2.05, 4.69) is 10.2 Å². The van der Waals surface area contributed by atoms with E-state index in [1.165, 1.54) is 12.1 Å². The number of halogens is 1. The smallest absolute Gasteiger partial charge is 0.356 e. The van der Waals surface area contributed by atoms with E-state index in [-0.39, 0.29) is 30.4 Å². The Balaban J connectivity index is 1.65. The van der Waals surface area contributed by atoms with Gasteiger partial charge in [0.25, 0.3) is 0 Å². The molecule has 0 saturated carbocycles. The minimum absolute atomic E-state index is 0.0253. The van der Waals surface area contributed by atoms with Gasteiger partial charge in [-0.15, -0.1) is 0 Å². The first-order chi connectivity index (χ1) is 11.0. The number of nitrogens with one attached hydrogen (secondary N) is 1. The van der Waals surface area contributed by atoms with Crippen molar-refractivity contribution in [3.8, 4) is 0 Å². The van der Waals surface area contributed by atoms with Crippen LogP contribution < -0.4 is 0 Å². The Kier molecular flexibility index (Phi) is 4.10. The minimum atomic E-state index is -1.10. The molecule has 0 aliphatic carbocycles. The van der Waals surface area contributed by atoms with Gasteiger partial charge in [-0.25, -0.2) is 9.18 Å². The zero-order valence-corrected chi connectivity index (χ0v) is 12.4. The Morgan fingerprint density at radius 1 is 1.39 bits per heavy atom. The molecule has 1 aliphatic rings. The maximum absolute atomic E-state index is 13.1. The van der Waals surface area contributed by atoms with Crippen LogP contribution in [0, 0.1) is 5.82 Å². The number of carboxylic acid groups (broad SMARTS) is 1. The predicted octanol–water partition coefficient (Wildman–Crippen LogP) is 1.76. The number of H-pyrrole nitrogens is 1. The van der Waals surface area contributed by atoms with Crippen molar-refractivity contribution in [1.82, 2.24) is 15.1 Å². The molecular weight excluding hydrogens is 301 g/mol. The van der Waals surface area contributed by atoms with Crippen molar-refractivity contribution in [3.63, 3.8) is 0 Å². The zero-order valence-electron chi connectivity index (χ0n) is 12.4. The van der Waals surface area contributed by atoms with E-state index >= 15 is 0 Å². The number of fused-ring (bicyclic) bond motifs is 1. The largest absolute Gasteiger partial charge is 0.476 e. The van der Waals surface area contributed by atoms with Crippen molar-refractivity contribution >= 4 is 11.9 Å². The number of aryl methyl sites for hydroxylation is 1. The Morgan fingerprint density at radius 2 is 2.22 bits per heavy atom. The summed E-state index contributed by atoms with van der Waals surface area (Å²) in [7, 11) is 0. The molecule has 1 aromatic carbocycles. The average molecular weight is 317 g/mol. The highest BCUT2D eigenvalue weighted by atomic mass is 19.1. The normalized spacial score (nSPS) is 13.7. The minimum Gasteiger partial charge on any atom is -0.476 e. The van der Waals surface area contributed by atoms with Gasteiger partial charge in [-0.3, -0.25) is 9.89 Å². The summed E-state index contributed by atoms with van der Waals surface area (Å²) in [6, 6.07) is 6.18. The molecule has 3 rings (SSSR count). The maximum Gasteiger partial charge on any atom is 0.356 e. The maximum atomic E-state index is 13.1. The van der Waals surface area contributed by atoms with Crippen molar-refractivity contribution in [2.75, 3.05) is 6.54 Å². The number of aromatic nitrogens is 2. The summed E-state index contributed by atoms with van der Waals surface area (Å²) < 4.78 is 13.1. The number of carbonyl (C=O) groups excluding carboxylic acids is 1. The van der Waals surface area contributed by atoms with Gasteiger partial charge in [0.05, 0.1) is 0 Å². The van der Waals surface area contributed by atoms with Gasteiger partial charge in [-0.1, -0.05) is 12.1 Å². The highest BCUT2D eigenvalue weighted by Crippen LogP contribution is 2.21. The first-order valence-electron chi connectivity index (χ1n) is 7.36. The molecule has 0 unspecified atom stereocenters. The van der Waals surface area contributed by atoms with Crippen LogP contribution in [0.1, 0.15) is 33.7 Å². The number of carbonyl (C=O) groups is 2. The quantitative estimate of drug-likeness (QED) is 0.900. The molecule has 0 spiro atoms. The third-order valence-electron chi connectivity index (χ3n) is 4.01. The van der Waals surface area contributed by atoms with Crippen LogP contribution in [-0.2, 0) is 24.2 Å². The molecule has 7 heteroatoms. The van der Waals surface area contributed by atoms with Gasteiger partial charge in [0.15, 0.2) is 5.69 Å². The van der Waals surface area contributed by atoms with Crippen LogP contribution >= 0.6 is 0 Å². The predicted molar refractivity (Wildman–Crippen MR) is 79.4 cm³/mol. The van der Waals surface area contributed by atoms with Crippen LogP contribution in [0.15, 0.2) is 24.3 Å². The van der Waals surface area contributed by atoms with Crippen molar-refractivity contribution < 1.29 is 19.1 Å². The molecule has 0 fully saturated rings. The number of hydrogen-bond donors (Lipinski definition) is 2. The lowest BCUT2D eigenvalue weighted by molar-refractivity contribution is -0.132. The molecule has 1 amide bonds. The SMILES string of the molecule is O=C(O)c1n[nH]c2c1CN(C(=O)CCc1cccc(F)c1)CC2. The third kappa shape index (κ3) is 3.23. The van der Waals surface area contributed by atoms with Gasteiger partial charge in [-0.05, 0) is 24.1 Å². The second kappa shape index (κ2) is 6.20. The van der Waals surface area contributed by atoms with Crippen LogP contribution in [0.2, 0.25) is 0 Å². The monoisotopic (exact) mass is 317 g/mol. The fraction of sp³-hybridized carbons (Fsp3) is 0.312. The number of amides is 1. The lowest BCUT2D eigenvalue weighted by Gasteiger charge is -2.27. The Hall–Kier alpha value is -2.70. The molecule has 0 saturated heterocycles. The van der Waals surface area contributed by atoms with Gasteiger partial charge >= 0.3 is 5.97 Å². The highest BCUT2D eigenvalue weighted by Gasteiger charge is 2.27. The highest BCUT2D eigenvalue weighted by molar-refractivity contribution is 5.87. The molecule has 0 radical (unpaired) electrons. The average Bonchev–Trinajstić information content (AvgIpc) is 2.96. The van der Waals surface area contributed by atoms with E-state index in [4.69, 9.17) is 5.11 Å². The molecule has 1 aromatic heterocycles. The van der Waals surface area contributed by atoms with E-state index in [1.807, 2.05) is 0 Å². The van der Waals surface area contributed by atoms with Gasteiger partial charge < -0.3 is 10.0 Å². The number of benzene rings is 1. The Morgan fingerprint density at radius 3 is 2.96 bits per heavy atom. The first kappa shape index (κ1) is 15.2. The van der Waals surface area contributed by atoms with Crippen molar-refractivity contribution in [2.45, 2.75) is 25.8 Å². The summed E-state index contributed by atoms with van der Waals surface area (Å²) in [6.07, 6.45) is 1.28. The van der Waals surface area contributed by atoms with E-state index in [0.717, 1.165) is 11.3 Å². The van der Waals surface area contributed by atoms with Crippen molar-refractivity contribution in [3.05, 3.63) is 52.6 Å². The number of hydrogen-bond acceptors (Lipinski definition) is 3. The lowest BCUT2D eigenvalue weighted by Crippen LogP contribution is -2.36. The number of rotatable bonds is 4. The fourth-order valence-corrected chi connectivity index (χ4v) is 2.79. The standard InChI is InChI=1S/C16H16FN3O3/c17-11-3-1-2-10(8-11)4-5-14(21)20-7-6-13-12(9-20)15(16(22)23)19-18-13/h1-3,8H,4-7,9H2,(H,18,19)(H,22,23). The second-order valence-electron chi connectivity index (χ2n) is 5.53. The molecule has 120 valence electrons. The van der Waals surface area contributed by atoms with Crippen molar-refractivity contribution in [1.29, 1.82) is 0 Å². The second-order valence-corrected chi connectivity index (χ2v) is 5.53. The first-order valence-corrected chi connectivity index (χ1v) is 7.36. The van der Waals surface area contributed by atoms with Gasteiger partial charge in [0.1, 0.15) is 5.82 Å². The molecule has 0 bridgehead atoms. The summed E-state index contributed by atoms with van der Waals surface area (Å²) in [5.41, 5.74) is 2.09. The van der Waals surface area contributed by atoms with Crippen LogP contribution in [-0.4, -0.2) is 38.6 Å². The molecule has 0 atom stereocenters. The molecular formula is C16H16FN3O3. The van der Waals surface area contributed by atoms with E-state index < -0.39 is 5.97 Å². The third-order valence-corrected chi connectivity index (χ3v) is 4.01. The van der Waals surface area contributed by atoms with Gasteiger partial charge in [0, 0.05) is 37.2 Å². The van der Waals surface area contributed by atoms with E-state index in [1.54, 1.807) is 17.0 Å². The number of aromatic amines is 1. The summed E-state index contributed by atoms with van der Waals surface area (Å²) in [6.45, 7) is 0.770. The fourth-order valence-electron chi connectivity index (χ4n) is 2.79. The number of carboxylic acids is 1. The Labute approximate surface area is 131 Å². The summed E-state index contributed by atoms with van der Waals surface area (Å²) in [5.74, 6) is -1.49. The topological polar surface area (TPSA) is 86.3 Å². The lowest BCUT2D eigenvalue weighted by atomic mass is 10.0. The van der Waals surface area contributed by atoms with E-state index in [9.17, 15) is 14.0 Å². The van der Waals surface area contributed by atoms with Gasteiger partial charge in [-0.2, -0.15) is 5.10 Å². The van der Waals surface area contributed by atoms with E-state index in [0.29, 0.717) is 24.9 Å². The molecule has 23 heavy (non-hydrogen) atoms. The van der Waals surface area contributed by atoms with Crippen LogP contribution in [0.25, 0.3) is 0 Å². The number of nitrogens with zero attached hydrogens (tertiary/aromatic N) is 2. The van der Waals surface area contributed by atoms with Crippen LogP contribution in [0.4, 0.5) is 4.39 Å². The summed E-state index contributed by atoms with van der Waals surface area (Å²) in [4.78, 5) is 25.1. The molecule has 2 aromatic rings. The van der Waals surface area contributed by atoms with Crippen molar-refractivity contribution in [2.24, 2.45) is 0 Å². The summed E-state index contributed by atoms with van der Waals surface area (Å²) >= 11 is 0. The van der Waals surface area contributed by atoms with Crippen LogP contribution in [0.5, 0.6) is 0 Å². The number of aromatic carboxylic acids is 1. The molecule has 2 heterocycles. The molecule has 1 aliphatic heterocycles. The molecule has 2 N–H and O–H groups in total. The molecule has 6 nitrogen and oxygen atoms in total. The zero-order chi connectivity index (χ0) is 16.4. The van der Waals surface area contributed by atoms with Gasteiger partial charge in [0.2, 0.25) is 5.91 Å².